The molecular weight excluding hydrogens is 707 g/mol. The quantitative estimate of drug-likeness (QED) is 0.222. The van der Waals surface area contributed by atoms with Gasteiger partial charge in [0.1, 0.15) is 0 Å². The highest BCUT2D eigenvalue weighted by Gasteiger charge is 2.28. The molecule has 0 amide bonds. The van der Waals surface area contributed by atoms with Gasteiger partial charge in [0.15, 0.2) is 0 Å². The Bertz CT molecular complexity index is 1650. The van der Waals surface area contributed by atoms with Gasteiger partial charge in [-0.3, -0.25) is 9.97 Å². The summed E-state index contributed by atoms with van der Waals surface area (Å²) in [5, 5.41) is 0. The minimum Gasteiger partial charge on any atom is -0.264 e. The number of hydrogen-bond acceptors (Lipinski definition) is 8. The lowest BCUT2D eigenvalue weighted by atomic mass is 10.1. The summed E-state index contributed by atoms with van der Waals surface area (Å²) >= 11 is 0. The van der Waals surface area contributed by atoms with E-state index in [1.54, 1.807) is 24.8 Å². The van der Waals surface area contributed by atoms with Crippen LogP contribution in [0.4, 0.5) is 0 Å². The summed E-state index contributed by atoms with van der Waals surface area (Å²) in [4.78, 5) is 8.81. The van der Waals surface area contributed by atoms with E-state index in [1.807, 2.05) is 77.9 Å². The average Bonchev–Trinajstić information content (AvgIpc) is 3.05. The lowest BCUT2D eigenvalue weighted by molar-refractivity contribution is 0.387. The van der Waals surface area contributed by atoms with Crippen molar-refractivity contribution in [2.75, 3.05) is 17.3 Å². The first-order valence-corrected chi connectivity index (χ1v) is 22.6. The number of pyridine rings is 2. The molecule has 51 heavy (non-hydrogen) atoms. The largest absolute Gasteiger partial charge is 0.264 e. The van der Waals surface area contributed by atoms with Gasteiger partial charge in [0.25, 0.3) is 0 Å². The lowest BCUT2D eigenvalue weighted by Crippen LogP contribution is -2.34. The third kappa shape index (κ3) is 12.7. The van der Waals surface area contributed by atoms with Crippen molar-refractivity contribution >= 4 is 30.1 Å². The molecule has 0 saturated carbocycles. The predicted molar refractivity (Wildman–Crippen MR) is 202 cm³/mol. The summed E-state index contributed by atoms with van der Waals surface area (Å²) in [7, 11) is -11.2. The van der Waals surface area contributed by atoms with Crippen molar-refractivity contribution in [1.29, 1.82) is 0 Å². The summed E-state index contributed by atoms with van der Waals surface area (Å²) in [6, 6.07) is 11.1. The van der Waals surface area contributed by atoms with Crippen LogP contribution in [-0.4, -0.2) is 65.4 Å². The Morgan fingerprint density at radius 1 is 0.471 bits per heavy atom. The third-order valence-corrected chi connectivity index (χ3v) is 14.3. The Hall–Kier alpha value is -2.75. The fourth-order valence-corrected chi connectivity index (χ4v) is 10.9. The van der Waals surface area contributed by atoms with Gasteiger partial charge in [-0.1, -0.05) is 77.9 Å². The van der Waals surface area contributed by atoms with Crippen LogP contribution in [0, 0.1) is 17.8 Å². The van der Waals surface area contributed by atoms with Gasteiger partial charge in [0, 0.05) is 64.1 Å². The second-order valence-electron chi connectivity index (χ2n) is 15.0. The van der Waals surface area contributed by atoms with E-state index in [2.05, 4.69) is 9.97 Å². The maximum atomic E-state index is 13.8. The first-order chi connectivity index (χ1) is 23.9. The van der Waals surface area contributed by atoms with Crippen molar-refractivity contribution in [3.05, 3.63) is 94.6 Å². The molecule has 0 radical (unpaired) electrons. The van der Waals surface area contributed by atoms with Gasteiger partial charge < -0.3 is 0 Å². The van der Waals surface area contributed by atoms with Gasteiger partial charge >= 0.3 is 0 Å². The van der Waals surface area contributed by atoms with E-state index < -0.39 is 30.1 Å². The SMILES string of the molecule is CC(C)CCS(=O)(=O)N1Cc2cccc(c2)CN(S(=O)(=O)CCC(C)C)Cc2cncc(c2)CN(S(=O)(=O)CCC(C)C)Cc2cncc(c2)C1. The molecule has 11 nitrogen and oxygen atoms in total. The van der Waals surface area contributed by atoms with Crippen molar-refractivity contribution < 1.29 is 25.3 Å². The predicted octanol–water partition coefficient (Wildman–Crippen LogP) is 5.92. The van der Waals surface area contributed by atoms with Gasteiger partial charge in [-0.15, -0.1) is 0 Å². The van der Waals surface area contributed by atoms with Crippen molar-refractivity contribution in [2.45, 2.75) is 100 Å². The minimum absolute atomic E-state index is 0.0208. The Labute approximate surface area is 306 Å². The maximum absolute atomic E-state index is 13.8. The number of benzene rings is 1. The molecule has 6 bridgehead atoms. The molecule has 0 aliphatic carbocycles. The molecule has 282 valence electrons. The van der Waals surface area contributed by atoms with Crippen LogP contribution >= 0.6 is 0 Å². The fourth-order valence-electron chi connectivity index (χ4n) is 5.78. The van der Waals surface area contributed by atoms with E-state index in [0.717, 1.165) is 11.1 Å². The van der Waals surface area contributed by atoms with Crippen LogP contribution in [0.1, 0.15) is 94.2 Å². The molecule has 0 unspecified atom stereocenters. The number of rotatable bonds is 12. The highest BCUT2D eigenvalue weighted by Crippen LogP contribution is 2.24. The molecule has 3 aromatic rings. The minimum atomic E-state index is -3.74. The summed E-state index contributed by atoms with van der Waals surface area (Å²) in [5.74, 6) is 0.486. The Morgan fingerprint density at radius 2 is 0.725 bits per heavy atom. The van der Waals surface area contributed by atoms with E-state index in [0.29, 0.717) is 41.5 Å². The van der Waals surface area contributed by atoms with Gasteiger partial charge in [0.05, 0.1) is 17.3 Å². The summed E-state index contributed by atoms with van der Waals surface area (Å²) in [5.41, 5.74) is 4.02. The number of hydrogen-bond donors (Lipinski definition) is 0. The van der Waals surface area contributed by atoms with Crippen molar-refractivity contribution in [3.8, 4) is 0 Å². The molecule has 0 fully saturated rings. The molecular formula is C37H55N5O6S3. The Morgan fingerprint density at radius 3 is 1.00 bits per heavy atom. The van der Waals surface area contributed by atoms with Crippen molar-refractivity contribution in [1.82, 2.24) is 22.9 Å². The van der Waals surface area contributed by atoms with E-state index in [-0.39, 0.29) is 74.3 Å². The van der Waals surface area contributed by atoms with E-state index in [4.69, 9.17) is 0 Å². The monoisotopic (exact) mass is 761 g/mol. The summed E-state index contributed by atoms with van der Waals surface area (Å²) in [6.45, 7) is 12.2. The number of sulfonamides is 3. The second kappa shape index (κ2) is 17.8. The first-order valence-electron chi connectivity index (χ1n) is 17.8. The number of aromatic nitrogens is 2. The fraction of sp³-hybridized carbons (Fsp3) is 0.568. The normalized spacial score (nSPS) is 16.4. The zero-order valence-corrected chi connectivity index (χ0v) is 33.4. The van der Waals surface area contributed by atoms with Crippen molar-refractivity contribution in [2.24, 2.45) is 17.8 Å². The van der Waals surface area contributed by atoms with Crippen LogP contribution in [0.2, 0.25) is 0 Å². The molecule has 0 N–H and O–H groups in total. The number of nitrogens with zero attached hydrogens (tertiary/aromatic N) is 5. The molecule has 1 aromatic carbocycles. The topological polar surface area (TPSA) is 138 Å². The van der Waals surface area contributed by atoms with Gasteiger partial charge in [0.2, 0.25) is 30.1 Å². The molecule has 4 rings (SSSR count). The van der Waals surface area contributed by atoms with Gasteiger partial charge in [-0.05, 0) is 70.4 Å². The summed E-state index contributed by atoms with van der Waals surface area (Å²) in [6.07, 6.45) is 7.95. The van der Waals surface area contributed by atoms with E-state index in [1.165, 1.54) is 12.9 Å². The molecule has 14 heteroatoms. The van der Waals surface area contributed by atoms with Crippen LogP contribution in [0.3, 0.4) is 0 Å². The summed E-state index contributed by atoms with van der Waals surface area (Å²) < 4.78 is 87.3. The highest BCUT2D eigenvalue weighted by molar-refractivity contribution is 7.89. The standard InChI is InChI=1S/C37H55N5O6S3/c1-29(2)10-13-49(43,44)40-23-32-8-7-9-33(16-32)24-41(50(45,46)14-11-30(3)4)26-35-18-37(22-39-20-35)28-42(51(47,48)15-12-31(5)6)27-36-17-34(25-40)19-38-21-36/h7-9,16-22,29-31H,10-15,23-28H2,1-6H3. The molecule has 3 heterocycles. The maximum Gasteiger partial charge on any atom is 0.214 e. The van der Waals surface area contributed by atoms with Crippen molar-refractivity contribution in [3.63, 3.8) is 0 Å². The second-order valence-corrected chi connectivity index (χ2v) is 21.3. The smallest absolute Gasteiger partial charge is 0.214 e. The Balaban J connectivity index is 1.84. The van der Waals surface area contributed by atoms with Gasteiger partial charge in [-0.25, -0.2) is 25.3 Å². The molecule has 0 atom stereocenters. The highest BCUT2D eigenvalue weighted by atomic mass is 32.2. The zero-order valence-electron chi connectivity index (χ0n) is 30.9. The molecule has 0 saturated heterocycles. The number of fused-ring (bicyclic) bond motifs is 6. The van der Waals surface area contributed by atoms with Crippen LogP contribution in [0.25, 0.3) is 0 Å². The molecule has 0 spiro atoms. The molecule has 1 aliphatic heterocycles. The van der Waals surface area contributed by atoms with E-state index >= 15 is 0 Å². The Kier molecular flexibility index (Phi) is 14.4. The van der Waals surface area contributed by atoms with Crippen LogP contribution in [-0.2, 0) is 69.3 Å². The first kappa shape index (κ1) is 41.0. The van der Waals surface area contributed by atoms with Crippen LogP contribution in [0.5, 0.6) is 0 Å². The third-order valence-electron chi connectivity index (χ3n) is 8.89. The average molecular weight is 762 g/mol. The molecule has 1 aliphatic rings. The van der Waals surface area contributed by atoms with Crippen LogP contribution in [0.15, 0.2) is 61.2 Å². The van der Waals surface area contributed by atoms with E-state index in [9.17, 15) is 25.3 Å². The lowest BCUT2D eigenvalue weighted by Gasteiger charge is -2.26. The zero-order chi connectivity index (χ0) is 37.4. The van der Waals surface area contributed by atoms with Gasteiger partial charge in [-0.2, -0.15) is 12.9 Å². The van der Waals surface area contributed by atoms with Crippen LogP contribution < -0.4 is 0 Å². The molecule has 2 aromatic heterocycles.